The highest BCUT2D eigenvalue weighted by atomic mass is 19.1. The summed E-state index contributed by atoms with van der Waals surface area (Å²) >= 11 is 0. The fourth-order valence-electron chi connectivity index (χ4n) is 2.23. The molecule has 0 radical (unpaired) electrons. The van der Waals surface area contributed by atoms with Gasteiger partial charge in [0.1, 0.15) is 5.82 Å². The van der Waals surface area contributed by atoms with E-state index in [0.717, 1.165) is 24.3 Å². The molecule has 0 bridgehead atoms. The molecule has 1 amide bonds. The van der Waals surface area contributed by atoms with Crippen LogP contribution in [0.3, 0.4) is 0 Å². The first-order valence-corrected chi connectivity index (χ1v) is 7.58. The molecule has 0 saturated carbocycles. The number of rotatable bonds is 6. The van der Waals surface area contributed by atoms with Gasteiger partial charge in [0.15, 0.2) is 0 Å². The quantitative estimate of drug-likeness (QED) is 0.656. The van der Waals surface area contributed by atoms with Crippen LogP contribution in [0, 0.1) is 5.82 Å². The van der Waals surface area contributed by atoms with E-state index in [-0.39, 0.29) is 5.56 Å². The highest BCUT2D eigenvalue weighted by molar-refractivity contribution is 5.95. The zero-order valence-electron chi connectivity index (χ0n) is 13.3. The molecule has 0 heterocycles. The van der Waals surface area contributed by atoms with Crippen LogP contribution in [0.1, 0.15) is 29.8 Å². The number of halogens is 1. The fourth-order valence-corrected chi connectivity index (χ4v) is 2.23. The molecular formula is C18H20FN3O. The third kappa shape index (κ3) is 4.39. The van der Waals surface area contributed by atoms with Crippen molar-refractivity contribution < 1.29 is 9.18 Å². The molecule has 0 aromatic heterocycles. The molecule has 23 heavy (non-hydrogen) atoms. The first kappa shape index (κ1) is 16.7. The van der Waals surface area contributed by atoms with Gasteiger partial charge < -0.3 is 4.90 Å². The van der Waals surface area contributed by atoms with Gasteiger partial charge in [-0.15, -0.1) is 0 Å². The summed E-state index contributed by atoms with van der Waals surface area (Å²) in [4.78, 5) is 14.0. The van der Waals surface area contributed by atoms with Crippen LogP contribution in [-0.4, -0.2) is 25.2 Å². The van der Waals surface area contributed by atoms with Crippen molar-refractivity contribution >= 4 is 17.8 Å². The Kier molecular flexibility index (Phi) is 5.86. The number of anilines is 1. The van der Waals surface area contributed by atoms with Crippen molar-refractivity contribution in [2.75, 3.05) is 18.0 Å². The summed E-state index contributed by atoms with van der Waals surface area (Å²) in [7, 11) is 0. The number of amides is 1. The third-order valence-electron chi connectivity index (χ3n) is 3.52. The Morgan fingerprint density at radius 1 is 1.13 bits per heavy atom. The largest absolute Gasteiger partial charge is 0.372 e. The zero-order valence-corrected chi connectivity index (χ0v) is 13.3. The lowest BCUT2D eigenvalue weighted by molar-refractivity contribution is 0.0951. The van der Waals surface area contributed by atoms with Crippen LogP contribution in [0.4, 0.5) is 10.1 Å². The second-order valence-electron chi connectivity index (χ2n) is 4.94. The van der Waals surface area contributed by atoms with Crippen molar-refractivity contribution in [3.8, 4) is 0 Å². The Balaban J connectivity index is 1.98. The van der Waals surface area contributed by atoms with Crippen LogP contribution in [0.15, 0.2) is 53.6 Å². The topological polar surface area (TPSA) is 44.7 Å². The molecule has 0 aliphatic heterocycles. The van der Waals surface area contributed by atoms with E-state index < -0.39 is 11.7 Å². The molecule has 2 aromatic rings. The Bertz CT molecular complexity index is 679. The molecule has 4 nitrogen and oxygen atoms in total. The van der Waals surface area contributed by atoms with Crippen LogP contribution in [0.5, 0.6) is 0 Å². The standard InChI is InChI=1S/C18H20FN3O/c1-3-22(4-2)15-11-9-14(10-12-15)13-20-21-18(23)16-7-5-6-8-17(16)19/h5-13H,3-4H2,1-2H3,(H,21,23). The second-order valence-corrected chi connectivity index (χ2v) is 4.94. The summed E-state index contributed by atoms with van der Waals surface area (Å²) in [6.07, 6.45) is 1.53. The van der Waals surface area contributed by atoms with E-state index >= 15 is 0 Å². The summed E-state index contributed by atoms with van der Waals surface area (Å²) in [5, 5.41) is 3.87. The van der Waals surface area contributed by atoms with Gasteiger partial charge in [-0.2, -0.15) is 5.10 Å². The molecule has 2 aromatic carbocycles. The average Bonchev–Trinajstić information content (AvgIpc) is 2.57. The summed E-state index contributed by atoms with van der Waals surface area (Å²) in [5.74, 6) is -1.14. The minimum Gasteiger partial charge on any atom is -0.372 e. The van der Waals surface area contributed by atoms with E-state index in [1.165, 1.54) is 24.4 Å². The first-order valence-electron chi connectivity index (χ1n) is 7.58. The predicted octanol–water partition coefficient (Wildman–Crippen LogP) is 3.44. The lowest BCUT2D eigenvalue weighted by Crippen LogP contribution is -2.21. The van der Waals surface area contributed by atoms with Crippen molar-refractivity contribution in [2.45, 2.75) is 13.8 Å². The molecule has 1 N–H and O–H groups in total. The van der Waals surface area contributed by atoms with Crippen molar-refractivity contribution in [3.05, 3.63) is 65.5 Å². The molecular weight excluding hydrogens is 293 g/mol. The molecule has 0 unspecified atom stereocenters. The van der Waals surface area contributed by atoms with Gasteiger partial charge in [-0.05, 0) is 43.7 Å². The molecule has 0 fully saturated rings. The average molecular weight is 313 g/mol. The number of benzene rings is 2. The van der Waals surface area contributed by atoms with Gasteiger partial charge in [0, 0.05) is 18.8 Å². The number of hydrogen-bond acceptors (Lipinski definition) is 3. The number of hydrazone groups is 1. The monoisotopic (exact) mass is 313 g/mol. The van der Waals surface area contributed by atoms with Crippen LogP contribution >= 0.6 is 0 Å². The molecule has 0 aliphatic rings. The number of nitrogens with one attached hydrogen (secondary N) is 1. The maximum Gasteiger partial charge on any atom is 0.274 e. The maximum atomic E-state index is 13.5. The lowest BCUT2D eigenvalue weighted by atomic mass is 10.2. The predicted molar refractivity (Wildman–Crippen MR) is 91.5 cm³/mol. The van der Waals surface area contributed by atoms with Gasteiger partial charge in [-0.1, -0.05) is 24.3 Å². The maximum absolute atomic E-state index is 13.5. The van der Waals surface area contributed by atoms with Crippen LogP contribution in [-0.2, 0) is 0 Å². The van der Waals surface area contributed by atoms with Crippen molar-refractivity contribution in [1.82, 2.24) is 5.43 Å². The SMILES string of the molecule is CCN(CC)c1ccc(C=NNC(=O)c2ccccc2F)cc1. The Morgan fingerprint density at radius 3 is 2.39 bits per heavy atom. The second kappa shape index (κ2) is 8.08. The van der Waals surface area contributed by atoms with Gasteiger partial charge >= 0.3 is 0 Å². The van der Waals surface area contributed by atoms with Crippen molar-refractivity contribution in [2.24, 2.45) is 5.10 Å². The summed E-state index contributed by atoms with van der Waals surface area (Å²) < 4.78 is 13.5. The van der Waals surface area contributed by atoms with E-state index in [2.05, 4.69) is 29.3 Å². The van der Waals surface area contributed by atoms with Gasteiger partial charge in [-0.25, -0.2) is 9.82 Å². The lowest BCUT2D eigenvalue weighted by Gasteiger charge is -2.20. The zero-order chi connectivity index (χ0) is 16.7. The molecule has 0 spiro atoms. The number of hydrogen-bond donors (Lipinski definition) is 1. The Hall–Kier alpha value is -2.69. The number of nitrogens with zero attached hydrogens (tertiary/aromatic N) is 2. The molecule has 120 valence electrons. The minimum absolute atomic E-state index is 0.0264. The van der Waals surface area contributed by atoms with E-state index in [0.29, 0.717) is 0 Å². The van der Waals surface area contributed by atoms with E-state index in [1.807, 2.05) is 24.3 Å². The van der Waals surface area contributed by atoms with Gasteiger partial charge in [0.25, 0.3) is 5.91 Å². The van der Waals surface area contributed by atoms with Crippen LogP contribution < -0.4 is 10.3 Å². The van der Waals surface area contributed by atoms with Crippen LogP contribution in [0.2, 0.25) is 0 Å². The minimum atomic E-state index is -0.570. The summed E-state index contributed by atoms with van der Waals surface area (Å²) in [6.45, 7) is 6.11. The molecule has 5 heteroatoms. The molecule has 0 atom stereocenters. The van der Waals surface area contributed by atoms with Gasteiger partial charge in [0.05, 0.1) is 11.8 Å². The van der Waals surface area contributed by atoms with E-state index in [4.69, 9.17) is 0 Å². The fraction of sp³-hybridized carbons (Fsp3) is 0.222. The van der Waals surface area contributed by atoms with Crippen molar-refractivity contribution in [1.29, 1.82) is 0 Å². The Labute approximate surface area is 135 Å². The third-order valence-corrected chi connectivity index (χ3v) is 3.52. The summed E-state index contributed by atoms with van der Waals surface area (Å²) in [6, 6.07) is 13.7. The highest BCUT2D eigenvalue weighted by Gasteiger charge is 2.09. The summed E-state index contributed by atoms with van der Waals surface area (Å²) in [5.41, 5.74) is 4.30. The Morgan fingerprint density at radius 2 is 1.78 bits per heavy atom. The first-order chi connectivity index (χ1) is 11.2. The normalized spacial score (nSPS) is 10.7. The number of carbonyl (C=O) groups excluding carboxylic acids is 1. The number of carbonyl (C=O) groups is 1. The van der Waals surface area contributed by atoms with Gasteiger partial charge in [0.2, 0.25) is 0 Å². The highest BCUT2D eigenvalue weighted by Crippen LogP contribution is 2.14. The van der Waals surface area contributed by atoms with E-state index in [9.17, 15) is 9.18 Å². The van der Waals surface area contributed by atoms with Crippen molar-refractivity contribution in [3.63, 3.8) is 0 Å². The molecule has 2 rings (SSSR count). The van der Waals surface area contributed by atoms with Crippen LogP contribution in [0.25, 0.3) is 0 Å². The molecule has 0 aliphatic carbocycles. The molecule has 0 saturated heterocycles. The van der Waals surface area contributed by atoms with Gasteiger partial charge in [-0.3, -0.25) is 4.79 Å². The van der Waals surface area contributed by atoms with E-state index in [1.54, 1.807) is 6.07 Å². The smallest absolute Gasteiger partial charge is 0.274 e.